The number of hydrogen-bond acceptors (Lipinski definition) is 3. The topological polar surface area (TPSA) is 42.3 Å². The first-order chi connectivity index (χ1) is 17.0. The molecule has 5 nitrogen and oxygen atoms in total. The fraction of sp³-hybridized carbons (Fsp3) is 0.214. The van der Waals surface area contributed by atoms with E-state index in [1.807, 2.05) is 48.7 Å². The molecule has 5 rings (SSSR count). The molecular weight excluding hydrogens is 476 g/mol. The fourth-order valence-corrected chi connectivity index (χ4v) is 5.46. The van der Waals surface area contributed by atoms with Crippen LogP contribution in [0.1, 0.15) is 40.3 Å². The van der Waals surface area contributed by atoms with Gasteiger partial charge in [-0.15, -0.1) is 0 Å². The van der Waals surface area contributed by atoms with E-state index in [2.05, 4.69) is 63.9 Å². The molecule has 1 saturated heterocycles. The number of thiocarbonyl (C=S) groups is 1. The van der Waals surface area contributed by atoms with Crippen LogP contribution >= 0.6 is 23.8 Å². The van der Waals surface area contributed by atoms with E-state index < -0.39 is 0 Å². The van der Waals surface area contributed by atoms with Crippen LogP contribution in [0.3, 0.4) is 0 Å². The van der Waals surface area contributed by atoms with Gasteiger partial charge in [0.1, 0.15) is 5.75 Å². The first kappa shape index (κ1) is 23.4. The molecule has 0 radical (unpaired) electrons. The van der Waals surface area contributed by atoms with E-state index in [1.54, 1.807) is 7.11 Å². The number of nitrogens with one attached hydrogen (secondary N) is 1. The molecule has 3 heterocycles. The molecule has 1 N–H and O–H groups in total. The van der Waals surface area contributed by atoms with Crippen molar-refractivity contribution in [1.82, 2.24) is 19.8 Å². The first-order valence-electron chi connectivity index (χ1n) is 11.5. The van der Waals surface area contributed by atoms with E-state index >= 15 is 0 Å². The van der Waals surface area contributed by atoms with Crippen molar-refractivity contribution in [2.24, 2.45) is 0 Å². The predicted molar refractivity (Wildman–Crippen MR) is 144 cm³/mol. The Labute approximate surface area is 216 Å². The van der Waals surface area contributed by atoms with Gasteiger partial charge >= 0.3 is 0 Å². The third-order valence-electron chi connectivity index (χ3n) is 6.59. The van der Waals surface area contributed by atoms with E-state index in [4.69, 9.17) is 28.6 Å². The molecule has 4 aromatic rings. The Morgan fingerprint density at radius 3 is 2.46 bits per heavy atom. The molecule has 1 fully saturated rings. The molecule has 2 atom stereocenters. The number of aryl methyl sites for hydroxylation is 1. The Balaban J connectivity index is 1.60. The smallest absolute Gasteiger partial charge is 0.170 e. The number of halogens is 1. The zero-order chi connectivity index (χ0) is 24.5. The van der Waals surface area contributed by atoms with Crippen LogP contribution in [0.4, 0.5) is 0 Å². The third kappa shape index (κ3) is 4.40. The van der Waals surface area contributed by atoms with Crippen LogP contribution < -0.4 is 10.1 Å². The summed E-state index contributed by atoms with van der Waals surface area (Å²) in [5.74, 6) is 0.835. The summed E-state index contributed by atoms with van der Waals surface area (Å²) in [6, 6.07) is 24.2. The molecule has 2 aromatic heterocycles. The van der Waals surface area contributed by atoms with E-state index in [9.17, 15) is 0 Å². The standard InChI is InChI=1S/C28H27ClN4OS/c1-18-16-22(19(2)33(18)25-10-5-4-8-23(25)29)27-26(24-9-6-7-15-30-24)31-28(35)32(27)17-20-11-13-21(34-3)14-12-20/h4-16,26-27H,17H2,1-3H3,(H,31,35)/t26-,27+/m1/s1. The van der Waals surface area contributed by atoms with Crippen LogP contribution in [0.25, 0.3) is 5.69 Å². The molecule has 0 amide bonds. The minimum atomic E-state index is -0.0813. The van der Waals surface area contributed by atoms with Crippen LogP contribution in [0.5, 0.6) is 5.75 Å². The average molecular weight is 503 g/mol. The lowest BCUT2D eigenvalue weighted by Gasteiger charge is -2.28. The summed E-state index contributed by atoms with van der Waals surface area (Å²) >= 11 is 12.5. The van der Waals surface area contributed by atoms with E-state index in [1.165, 1.54) is 5.56 Å². The quantitative estimate of drug-likeness (QED) is 0.312. The van der Waals surface area contributed by atoms with Crippen LogP contribution in [0, 0.1) is 13.8 Å². The monoisotopic (exact) mass is 502 g/mol. The molecular formula is C28H27ClN4OS. The molecule has 178 valence electrons. The van der Waals surface area contributed by atoms with Gasteiger partial charge in [0.05, 0.1) is 35.6 Å². The number of methoxy groups -OCH3 is 1. The normalized spacial score (nSPS) is 17.5. The number of ether oxygens (including phenoxy) is 1. The first-order valence-corrected chi connectivity index (χ1v) is 12.3. The van der Waals surface area contributed by atoms with Gasteiger partial charge in [0.25, 0.3) is 0 Å². The number of rotatable bonds is 6. The Kier molecular flexibility index (Phi) is 6.50. The summed E-state index contributed by atoms with van der Waals surface area (Å²) in [7, 11) is 1.68. The molecule has 7 heteroatoms. The van der Waals surface area contributed by atoms with Crippen LogP contribution in [-0.4, -0.2) is 26.7 Å². The maximum absolute atomic E-state index is 6.60. The highest BCUT2D eigenvalue weighted by atomic mass is 35.5. The zero-order valence-corrected chi connectivity index (χ0v) is 21.5. The van der Waals surface area contributed by atoms with Crippen molar-refractivity contribution in [2.75, 3.05) is 7.11 Å². The van der Waals surface area contributed by atoms with Crippen LogP contribution in [-0.2, 0) is 6.54 Å². The number of para-hydroxylation sites is 1. The molecule has 0 aliphatic carbocycles. The average Bonchev–Trinajstić information content (AvgIpc) is 3.35. The van der Waals surface area contributed by atoms with Gasteiger partial charge in [0, 0.05) is 24.1 Å². The Morgan fingerprint density at radius 1 is 1.03 bits per heavy atom. The second-order valence-corrected chi connectivity index (χ2v) is 9.51. The number of aromatic nitrogens is 2. The highest BCUT2D eigenvalue weighted by Gasteiger charge is 2.41. The van der Waals surface area contributed by atoms with Gasteiger partial charge in [-0.3, -0.25) is 4.98 Å². The molecule has 0 spiro atoms. The van der Waals surface area contributed by atoms with Crippen molar-refractivity contribution >= 4 is 28.9 Å². The van der Waals surface area contributed by atoms with Crippen molar-refractivity contribution in [1.29, 1.82) is 0 Å². The number of pyridine rings is 1. The minimum absolute atomic E-state index is 0.0399. The summed E-state index contributed by atoms with van der Waals surface area (Å²) in [5, 5.41) is 4.99. The largest absolute Gasteiger partial charge is 0.497 e. The van der Waals surface area contributed by atoms with Crippen molar-refractivity contribution in [3.8, 4) is 11.4 Å². The maximum atomic E-state index is 6.60. The van der Waals surface area contributed by atoms with Crippen molar-refractivity contribution < 1.29 is 4.74 Å². The lowest BCUT2D eigenvalue weighted by Crippen LogP contribution is -2.29. The van der Waals surface area contributed by atoms with Gasteiger partial charge in [-0.05, 0) is 79.7 Å². The Morgan fingerprint density at radius 2 is 1.77 bits per heavy atom. The predicted octanol–water partition coefficient (Wildman–Crippen LogP) is 6.32. The van der Waals surface area contributed by atoms with E-state index in [0.717, 1.165) is 39.1 Å². The van der Waals surface area contributed by atoms with Gasteiger partial charge in [0.15, 0.2) is 5.11 Å². The molecule has 1 aliphatic heterocycles. The maximum Gasteiger partial charge on any atom is 0.170 e. The zero-order valence-electron chi connectivity index (χ0n) is 19.9. The van der Waals surface area contributed by atoms with Gasteiger partial charge in [-0.25, -0.2) is 0 Å². The van der Waals surface area contributed by atoms with E-state index in [-0.39, 0.29) is 12.1 Å². The van der Waals surface area contributed by atoms with E-state index in [0.29, 0.717) is 11.7 Å². The fourth-order valence-electron chi connectivity index (χ4n) is 4.93. The lowest BCUT2D eigenvalue weighted by molar-refractivity contribution is 0.310. The highest BCUT2D eigenvalue weighted by molar-refractivity contribution is 7.80. The molecule has 35 heavy (non-hydrogen) atoms. The Bertz CT molecular complexity index is 1350. The SMILES string of the molecule is COc1ccc(CN2C(=S)N[C@H](c3ccccn3)[C@@H]2c2cc(C)n(-c3ccccc3Cl)c2C)cc1. The molecule has 0 saturated carbocycles. The summed E-state index contributed by atoms with van der Waals surface area (Å²) < 4.78 is 7.56. The molecule has 2 aromatic carbocycles. The summed E-state index contributed by atoms with van der Waals surface area (Å²) in [6.07, 6.45) is 1.83. The molecule has 1 aliphatic rings. The van der Waals surface area contributed by atoms with Crippen molar-refractivity contribution in [2.45, 2.75) is 32.5 Å². The minimum Gasteiger partial charge on any atom is -0.497 e. The summed E-state index contributed by atoms with van der Waals surface area (Å²) in [5.41, 5.74) is 6.53. The summed E-state index contributed by atoms with van der Waals surface area (Å²) in [4.78, 5) is 6.93. The number of nitrogens with zero attached hydrogens (tertiary/aromatic N) is 3. The second kappa shape index (κ2) is 9.72. The number of benzene rings is 2. The van der Waals surface area contributed by atoms with Crippen LogP contribution in [0.15, 0.2) is 79.0 Å². The second-order valence-electron chi connectivity index (χ2n) is 8.72. The Hall–Kier alpha value is -3.35. The number of hydrogen-bond donors (Lipinski definition) is 1. The molecule has 0 bridgehead atoms. The van der Waals surface area contributed by atoms with Gasteiger partial charge in [0.2, 0.25) is 0 Å². The van der Waals surface area contributed by atoms with Gasteiger partial charge in [-0.1, -0.05) is 41.9 Å². The van der Waals surface area contributed by atoms with Crippen molar-refractivity contribution in [3.63, 3.8) is 0 Å². The van der Waals surface area contributed by atoms with Crippen molar-refractivity contribution in [3.05, 3.63) is 112 Å². The van der Waals surface area contributed by atoms with Gasteiger partial charge < -0.3 is 19.5 Å². The van der Waals surface area contributed by atoms with Crippen LogP contribution in [0.2, 0.25) is 5.02 Å². The lowest BCUT2D eigenvalue weighted by atomic mass is 9.96. The third-order valence-corrected chi connectivity index (χ3v) is 7.26. The summed E-state index contributed by atoms with van der Waals surface area (Å²) in [6.45, 7) is 4.93. The van der Waals surface area contributed by atoms with Gasteiger partial charge in [-0.2, -0.15) is 0 Å². The highest BCUT2D eigenvalue weighted by Crippen LogP contribution is 2.42. The molecule has 0 unspecified atom stereocenters.